The molecule has 0 heterocycles. The minimum Gasteiger partial charge on any atom is -0.368 e. The van der Waals surface area contributed by atoms with E-state index in [9.17, 15) is 18.8 Å². The molecule has 6 nitrogen and oxygen atoms in total. The van der Waals surface area contributed by atoms with Crippen molar-refractivity contribution in [2.24, 2.45) is 5.73 Å². The van der Waals surface area contributed by atoms with Crippen LogP contribution in [0.25, 0.3) is 21.5 Å². The summed E-state index contributed by atoms with van der Waals surface area (Å²) in [6.45, 7) is 1.29. The molecule has 4 rings (SSSR count). The quantitative estimate of drug-likeness (QED) is 0.343. The minimum atomic E-state index is -1.01. The van der Waals surface area contributed by atoms with E-state index in [0.717, 1.165) is 27.1 Å². The van der Waals surface area contributed by atoms with Crippen molar-refractivity contribution >= 4 is 39.3 Å². The number of primary amides is 1. The molecular formula is C28H26FN3O3. The number of nitrogens with two attached hydrogens (primary N) is 1. The van der Waals surface area contributed by atoms with Crippen LogP contribution in [-0.4, -0.2) is 29.8 Å². The maximum Gasteiger partial charge on any atom is 0.243 e. The van der Waals surface area contributed by atoms with Crippen LogP contribution >= 0.6 is 0 Å². The van der Waals surface area contributed by atoms with E-state index < -0.39 is 35.6 Å². The van der Waals surface area contributed by atoms with Gasteiger partial charge in [0.1, 0.15) is 17.9 Å². The number of fused-ring (bicyclic) bond motifs is 2. The zero-order valence-corrected chi connectivity index (χ0v) is 19.3. The highest BCUT2D eigenvalue weighted by molar-refractivity contribution is 6.03. The summed E-state index contributed by atoms with van der Waals surface area (Å²) >= 11 is 0. The van der Waals surface area contributed by atoms with Crippen molar-refractivity contribution in [3.05, 3.63) is 95.8 Å². The monoisotopic (exact) mass is 471 g/mol. The molecule has 0 spiro atoms. The standard InChI is InChI=1S/C28H26FN3O3/c1-17(33)31-26(14-18-7-6-10-21(29)13-18)28(35)32-25(27(30)34)16-24-22-11-4-2-8-19(22)15-20-9-3-5-12-23(20)24/h2-13,15,25-26H,14,16H2,1H3,(H2,30,34)(H,31,33)(H,32,35)/t25-,26+/m1/s1. The number of hydrogen-bond donors (Lipinski definition) is 3. The first-order valence-corrected chi connectivity index (χ1v) is 11.3. The third-order valence-corrected chi connectivity index (χ3v) is 5.97. The van der Waals surface area contributed by atoms with Gasteiger partial charge in [-0.05, 0) is 50.9 Å². The third-order valence-electron chi connectivity index (χ3n) is 5.97. The Morgan fingerprint density at radius 1 is 0.800 bits per heavy atom. The van der Waals surface area contributed by atoms with E-state index in [-0.39, 0.29) is 12.8 Å². The van der Waals surface area contributed by atoms with Gasteiger partial charge in [0, 0.05) is 19.8 Å². The molecule has 7 heteroatoms. The number of nitrogens with one attached hydrogen (secondary N) is 2. The van der Waals surface area contributed by atoms with Crippen LogP contribution in [-0.2, 0) is 27.2 Å². The summed E-state index contributed by atoms with van der Waals surface area (Å²) < 4.78 is 13.6. The van der Waals surface area contributed by atoms with E-state index in [0.29, 0.717) is 5.56 Å². The largest absolute Gasteiger partial charge is 0.368 e. The van der Waals surface area contributed by atoms with Crippen LogP contribution in [0.4, 0.5) is 4.39 Å². The minimum absolute atomic E-state index is 0.0614. The van der Waals surface area contributed by atoms with E-state index in [4.69, 9.17) is 5.73 Å². The van der Waals surface area contributed by atoms with Crippen LogP contribution in [0.15, 0.2) is 78.9 Å². The second-order valence-corrected chi connectivity index (χ2v) is 8.55. The topological polar surface area (TPSA) is 101 Å². The number of hydrogen-bond acceptors (Lipinski definition) is 3. The molecule has 0 aliphatic heterocycles. The summed E-state index contributed by atoms with van der Waals surface area (Å²) in [5.41, 5.74) is 7.13. The maximum atomic E-state index is 13.6. The highest BCUT2D eigenvalue weighted by atomic mass is 19.1. The van der Waals surface area contributed by atoms with Crippen molar-refractivity contribution in [2.75, 3.05) is 0 Å². The second-order valence-electron chi connectivity index (χ2n) is 8.55. The summed E-state index contributed by atoms with van der Waals surface area (Å²) in [6.07, 6.45) is 0.238. The number of rotatable bonds is 8. The number of amides is 3. The molecule has 0 aromatic heterocycles. The molecule has 0 fully saturated rings. The zero-order chi connectivity index (χ0) is 24.9. The number of benzene rings is 4. The number of carbonyl (C=O) groups is 3. The summed E-state index contributed by atoms with van der Waals surface area (Å²) in [5, 5.41) is 9.25. The Labute approximate surface area is 202 Å². The first-order valence-electron chi connectivity index (χ1n) is 11.3. The SMILES string of the molecule is CC(=O)N[C@@H](Cc1cccc(F)c1)C(=O)N[C@H](Cc1c2ccccc2cc2ccccc12)C(N)=O. The highest BCUT2D eigenvalue weighted by Crippen LogP contribution is 2.29. The maximum absolute atomic E-state index is 13.6. The lowest BCUT2D eigenvalue weighted by Crippen LogP contribution is -2.54. The molecule has 35 heavy (non-hydrogen) atoms. The van der Waals surface area contributed by atoms with Gasteiger partial charge in [-0.15, -0.1) is 0 Å². The summed E-state index contributed by atoms with van der Waals surface area (Å²) in [6, 6.07) is 21.5. The van der Waals surface area contributed by atoms with Crippen LogP contribution in [0.2, 0.25) is 0 Å². The van der Waals surface area contributed by atoms with Crippen LogP contribution in [0, 0.1) is 5.82 Å². The Hall–Kier alpha value is -4.26. The molecule has 2 atom stereocenters. The average molecular weight is 472 g/mol. The fraction of sp³-hybridized carbons (Fsp3) is 0.179. The first kappa shape index (κ1) is 23.9. The van der Waals surface area contributed by atoms with Crippen LogP contribution in [0.3, 0.4) is 0 Å². The first-order chi connectivity index (χ1) is 16.8. The highest BCUT2D eigenvalue weighted by Gasteiger charge is 2.26. The fourth-order valence-electron chi connectivity index (χ4n) is 4.38. The zero-order valence-electron chi connectivity index (χ0n) is 19.3. The van der Waals surface area contributed by atoms with Gasteiger partial charge in [-0.3, -0.25) is 14.4 Å². The molecule has 0 aliphatic rings. The Morgan fingerprint density at radius 3 is 2.00 bits per heavy atom. The van der Waals surface area contributed by atoms with E-state index in [1.54, 1.807) is 6.07 Å². The lowest BCUT2D eigenvalue weighted by molar-refractivity contribution is -0.130. The molecule has 0 unspecified atom stereocenters. The molecule has 0 saturated carbocycles. The molecule has 3 amide bonds. The van der Waals surface area contributed by atoms with E-state index in [1.165, 1.54) is 25.1 Å². The van der Waals surface area contributed by atoms with Crippen molar-refractivity contribution in [2.45, 2.75) is 31.8 Å². The van der Waals surface area contributed by atoms with Crippen LogP contribution in [0.5, 0.6) is 0 Å². The molecule has 0 saturated heterocycles. The fourth-order valence-corrected chi connectivity index (χ4v) is 4.38. The molecule has 0 bridgehead atoms. The Morgan fingerprint density at radius 2 is 1.43 bits per heavy atom. The van der Waals surface area contributed by atoms with Crippen molar-refractivity contribution in [1.29, 1.82) is 0 Å². The molecule has 0 aliphatic carbocycles. The lowest BCUT2D eigenvalue weighted by atomic mass is 9.92. The third kappa shape index (κ3) is 5.63. The molecule has 4 aromatic carbocycles. The van der Waals surface area contributed by atoms with Gasteiger partial charge in [0.2, 0.25) is 17.7 Å². The summed E-state index contributed by atoms with van der Waals surface area (Å²) in [5.74, 6) is -2.12. The predicted molar refractivity (Wildman–Crippen MR) is 134 cm³/mol. The van der Waals surface area contributed by atoms with Gasteiger partial charge >= 0.3 is 0 Å². The van der Waals surface area contributed by atoms with E-state index >= 15 is 0 Å². The Kier molecular flexibility index (Phi) is 7.06. The predicted octanol–water partition coefficient (Wildman–Crippen LogP) is 3.39. The van der Waals surface area contributed by atoms with Crippen molar-refractivity contribution in [1.82, 2.24) is 10.6 Å². The normalized spacial score (nSPS) is 12.7. The van der Waals surface area contributed by atoms with Crippen LogP contribution in [0.1, 0.15) is 18.1 Å². The smallest absolute Gasteiger partial charge is 0.243 e. The molecule has 4 aromatic rings. The molecular weight excluding hydrogens is 445 g/mol. The van der Waals surface area contributed by atoms with Crippen molar-refractivity contribution in [3.8, 4) is 0 Å². The van der Waals surface area contributed by atoms with Crippen LogP contribution < -0.4 is 16.4 Å². The van der Waals surface area contributed by atoms with Gasteiger partial charge < -0.3 is 16.4 Å². The van der Waals surface area contributed by atoms with Gasteiger partial charge in [-0.2, -0.15) is 0 Å². The van der Waals surface area contributed by atoms with E-state index in [1.807, 2.05) is 48.5 Å². The van der Waals surface area contributed by atoms with Crippen molar-refractivity contribution < 1.29 is 18.8 Å². The average Bonchev–Trinajstić information content (AvgIpc) is 2.82. The van der Waals surface area contributed by atoms with Crippen molar-refractivity contribution in [3.63, 3.8) is 0 Å². The summed E-state index contributed by atoms with van der Waals surface area (Å²) in [7, 11) is 0. The number of carbonyl (C=O) groups excluding carboxylic acids is 3. The van der Waals surface area contributed by atoms with E-state index in [2.05, 4.69) is 16.7 Å². The lowest BCUT2D eigenvalue weighted by Gasteiger charge is -2.23. The molecule has 0 radical (unpaired) electrons. The van der Waals surface area contributed by atoms with Gasteiger partial charge in [-0.25, -0.2) is 4.39 Å². The second kappa shape index (κ2) is 10.3. The molecule has 4 N–H and O–H groups in total. The Bertz CT molecular complexity index is 1370. The summed E-state index contributed by atoms with van der Waals surface area (Å²) in [4.78, 5) is 37.4. The van der Waals surface area contributed by atoms with Gasteiger partial charge in [0.15, 0.2) is 0 Å². The molecule has 178 valence electrons. The number of halogens is 1. The van der Waals surface area contributed by atoms with Gasteiger partial charge in [-0.1, -0.05) is 60.7 Å². The van der Waals surface area contributed by atoms with Gasteiger partial charge in [0.25, 0.3) is 0 Å². The van der Waals surface area contributed by atoms with Gasteiger partial charge in [0.05, 0.1) is 0 Å². The Balaban J connectivity index is 1.64.